The Hall–Kier alpha value is -3.72. The molecular formula is C33H38N2O6S2. The second kappa shape index (κ2) is 13.7. The van der Waals surface area contributed by atoms with Crippen molar-refractivity contribution in [3.63, 3.8) is 0 Å². The quantitative estimate of drug-likeness (QED) is 0.0527. The first-order chi connectivity index (χ1) is 20.6. The van der Waals surface area contributed by atoms with Crippen LogP contribution in [0.5, 0.6) is 11.5 Å². The minimum absolute atomic E-state index is 0.270. The van der Waals surface area contributed by atoms with Gasteiger partial charge in [0.25, 0.3) is 19.7 Å². The zero-order chi connectivity index (χ0) is 31.2. The lowest BCUT2D eigenvalue weighted by molar-refractivity contribution is 0.00381. The molecule has 0 N–H and O–H groups in total. The largest absolute Gasteiger partial charge is 0.504 e. The van der Waals surface area contributed by atoms with E-state index in [1.165, 1.54) is 12.1 Å². The summed E-state index contributed by atoms with van der Waals surface area (Å²) in [6.45, 7) is 8.54. The highest BCUT2D eigenvalue weighted by molar-refractivity contribution is 8.31. The summed E-state index contributed by atoms with van der Waals surface area (Å²) in [7, 11) is -9.68. The lowest BCUT2D eigenvalue weighted by atomic mass is 10.1. The van der Waals surface area contributed by atoms with E-state index in [-0.39, 0.29) is 20.6 Å². The predicted molar refractivity (Wildman–Crippen MR) is 170 cm³/mol. The van der Waals surface area contributed by atoms with Crippen molar-refractivity contribution in [2.24, 2.45) is 0 Å². The first-order valence-corrected chi connectivity index (χ1v) is 17.6. The third-order valence-corrected chi connectivity index (χ3v) is 11.6. The SMILES string of the molecule is CCCCCOc1c(C)cc(S(=O)(=O)C(=[N+]=[N-])S(=O)(=O)c2cc(C)c(OCCCCC)c3ccccc23)c2ccccc12. The summed E-state index contributed by atoms with van der Waals surface area (Å²) in [4.78, 5) is 2.36. The summed E-state index contributed by atoms with van der Waals surface area (Å²) in [6, 6.07) is 16.3. The Morgan fingerprint density at radius 2 is 1.02 bits per heavy atom. The van der Waals surface area contributed by atoms with Crippen LogP contribution in [0, 0.1) is 13.8 Å². The van der Waals surface area contributed by atoms with Crippen molar-refractivity contribution >= 4 is 45.6 Å². The Labute approximate surface area is 254 Å². The van der Waals surface area contributed by atoms with Crippen LogP contribution >= 0.6 is 0 Å². The van der Waals surface area contributed by atoms with Gasteiger partial charge in [-0.1, -0.05) is 88.1 Å². The van der Waals surface area contributed by atoms with Gasteiger partial charge in [0, 0.05) is 21.5 Å². The zero-order valence-corrected chi connectivity index (χ0v) is 26.7. The molecule has 0 heterocycles. The highest BCUT2D eigenvalue weighted by atomic mass is 32.3. The van der Waals surface area contributed by atoms with Gasteiger partial charge in [0.1, 0.15) is 11.5 Å². The molecule has 0 aliphatic rings. The Morgan fingerprint density at radius 1 is 0.651 bits per heavy atom. The molecule has 0 atom stereocenters. The van der Waals surface area contributed by atoms with Crippen molar-refractivity contribution in [3.05, 3.63) is 77.3 Å². The molecule has 0 aliphatic heterocycles. The fourth-order valence-corrected chi connectivity index (χ4v) is 9.10. The number of fused-ring (bicyclic) bond motifs is 2. The van der Waals surface area contributed by atoms with E-state index in [1.807, 2.05) is 0 Å². The van der Waals surface area contributed by atoms with Crippen LogP contribution < -0.4 is 9.47 Å². The molecule has 0 saturated carbocycles. The van der Waals surface area contributed by atoms with Crippen LogP contribution in [-0.2, 0) is 19.7 Å². The minimum atomic E-state index is -4.84. The molecule has 0 aliphatic carbocycles. The second-order valence-electron chi connectivity index (χ2n) is 10.6. The molecule has 0 spiro atoms. The molecule has 0 aromatic heterocycles. The summed E-state index contributed by atoms with van der Waals surface area (Å²) >= 11 is 0. The molecular weight excluding hydrogens is 585 g/mol. The monoisotopic (exact) mass is 622 g/mol. The van der Waals surface area contributed by atoms with E-state index in [4.69, 9.17) is 9.47 Å². The fraction of sp³-hybridized carbons (Fsp3) is 0.364. The number of aryl methyl sites for hydroxylation is 2. The smallest absolute Gasteiger partial charge is 0.493 e. The number of hydrogen-bond donors (Lipinski definition) is 0. The molecule has 0 bridgehead atoms. The van der Waals surface area contributed by atoms with Crippen LogP contribution in [0.15, 0.2) is 70.5 Å². The van der Waals surface area contributed by atoms with Gasteiger partial charge in [-0.2, -0.15) is 0 Å². The van der Waals surface area contributed by atoms with Gasteiger partial charge in [0.05, 0.1) is 23.0 Å². The molecule has 0 radical (unpaired) electrons. The van der Waals surface area contributed by atoms with Crippen molar-refractivity contribution in [3.8, 4) is 11.5 Å². The van der Waals surface area contributed by atoms with Crippen molar-refractivity contribution in [2.45, 2.75) is 76.0 Å². The average molecular weight is 623 g/mol. The lowest BCUT2D eigenvalue weighted by Crippen LogP contribution is -2.27. The van der Waals surface area contributed by atoms with E-state index < -0.39 is 24.1 Å². The van der Waals surface area contributed by atoms with Crippen LogP contribution in [0.1, 0.15) is 63.5 Å². The maximum absolute atomic E-state index is 14.1. The number of sulfone groups is 2. The Morgan fingerprint density at radius 3 is 1.37 bits per heavy atom. The van der Waals surface area contributed by atoms with E-state index in [0.717, 1.165) is 38.5 Å². The predicted octanol–water partition coefficient (Wildman–Crippen LogP) is 7.58. The number of ether oxygens (including phenoxy) is 2. The normalized spacial score (nSPS) is 11.9. The topological polar surface area (TPSA) is 123 Å². The van der Waals surface area contributed by atoms with Gasteiger partial charge in [0.15, 0.2) is 0 Å². The van der Waals surface area contributed by atoms with Gasteiger partial charge in [0.2, 0.25) is 0 Å². The third kappa shape index (κ3) is 6.47. The molecule has 8 nitrogen and oxygen atoms in total. The van der Waals surface area contributed by atoms with Crippen LogP contribution in [0.3, 0.4) is 0 Å². The van der Waals surface area contributed by atoms with E-state index >= 15 is 0 Å². The molecule has 228 valence electrons. The van der Waals surface area contributed by atoms with Crippen molar-refractivity contribution in [1.82, 2.24) is 0 Å². The van der Waals surface area contributed by atoms with Gasteiger partial charge in [-0.05, 0) is 49.9 Å². The molecule has 43 heavy (non-hydrogen) atoms. The van der Waals surface area contributed by atoms with Gasteiger partial charge in [-0.3, -0.25) is 0 Å². The summed E-state index contributed by atoms with van der Waals surface area (Å²) in [5.74, 6) is 1.07. The maximum Gasteiger partial charge on any atom is 0.504 e. The van der Waals surface area contributed by atoms with E-state index in [0.29, 0.717) is 46.6 Å². The fourth-order valence-electron chi connectivity index (χ4n) is 5.22. The number of hydrogen-bond acceptors (Lipinski definition) is 6. The van der Waals surface area contributed by atoms with Crippen molar-refractivity contribution in [1.29, 1.82) is 0 Å². The van der Waals surface area contributed by atoms with E-state index in [1.54, 1.807) is 62.4 Å². The molecule has 0 fully saturated rings. The van der Waals surface area contributed by atoms with Gasteiger partial charge >= 0.3 is 4.38 Å². The molecule has 4 aromatic carbocycles. The molecule has 10 heteroatoms. The summed E-state index contributed by atoms with van der Waals surface area (Å²) in [6.07, 6.45) is 5.75. The van der Waals surface area contributed by atoms with Crippen LogP contribution in [0.25, 0.3) is 27.1 Å². The number of nitrogens with zero attached hydrogens (tertiary/aromatic N) is 2. The van der Waals surface area contributed by atoms with E-state index in [2.05, 4.69) is 18.6 Å². The number of benzene rings is 4. The molecule has 4 rings (SSSR count). The first-order valence-electron chi connectivity index (χ1n) is 14.6. The van der Waals surface area contributed by atoms with Gasteiger partial charge in [-0.25, -0.2) is 16.8 Å². The molecule has 0 saturated heterocycles. The average Bonchev–Trinajstić information content (AvgIpc) is 2.98. The number of rotatable bonds is 12. The highest BCUT2D eigenvalue weighted by Gasteiger charge is 2.46. The van der Waals surface area contributed by atoms with E-state index in [9.17, 15) is 22.4 Å². The second-order valence-corrected chi connectivity index (χ2v) is 14.5. The summed E-state index contributed by atoms with van der Waals surface area (Å²) < 4.78 is 67.2. The van der Waals surface area contributed by atoms with Gasteiger partial charge in [-0.15, -0.1) is 4.79 Å². The first kappa shape index (κ1) is 32.2. The molecule has 0 amide bonds. The highest BCUT2D eigenvalue weighted by Crippen LogP contribution is 2.39. The minimum Gasteiger partial charge on any atom is -0.493 e. The summed E-state index contributed by atoms with van der Waals surface area (Å²) in [5.41, 5.74) is 11.1. The van der Waals surface area contributed by atoms with Gasteiger partial charge < -0.3 is 15.0 Å². The Balaban J connectivity index is 1.84. The summed E-state index contributed by atoms with van der Waals surface area (Å²) in [5, 5.41) is 1.59. The Kier molecular flexibility index (Phi) is 10.3. The molecule has 4 aromatic rings. The number of unbranched alkanes of at least 4 members (excludes halogenated alkanes) is 4. The third-order valence-electron chi connectivity index (χ3n) is 7.39. The maximum atomic E-state index is 14.1. The molecule has 0 unspecified atom stereocenters. The Bertz CT molecular complexity index is 1780. The van der Waals surface area contributed by atoms with Crippen LogP contribution in [0.4, 0.5) is 0 Å². The van der Waals surface area contributed by atoms with Crippen LogP contribution in [0.2, 0.25) is 0 Å². The van der Waals surface area contributed by atoms with Crippen LogP contribution in [-0.4, -0.2) is 39.2 Å². The lowest BCUT2D eigenvalue weighted by Gasteiger charge is -2.16. The van der Waals surface area contributed by atoms with Crippen molar-refractivity contribution in [2.75, 3.05) is 13.2 Å². The standard InChI is InChI=1S/C33H38N2O6S2/c1-5-7-13-19-40-31-23(3)21-29(25-15-9-11-17-27(25)31)42(36,37)33(35-34)43(38,39)30-22-24(4)32(41-20-14-8-6-2)28-18-12-10-16-26(28)30/h9-12,15-18,21-22H,5-8,13-14,19-20H2,1-4H3. The van der Waals surface area contributed by atoms with Crippen molar-refractivity contribution < 1.29 is 31.1 Å². The zero-order valence-electron chi connectivity index (χ0n) is 25.1.